The van der Waals surface area contributed by atoms with Crippen LogP contribution in [0.15, 0.2) is 39.6 Å². The Labute approximate surface area is 101 Å². The van der Waals surface area contributed by atoms with Crippen LogP contribution in [0.1, 0.15) is 0 Å². The first kappa shape index (κ1) is 11.9. The first-order chi connectivity index (χ1) is 7.97. The van der Waals surface area contributed by atoms with Crippen LogP contribution in [-0.4, -0.2) is 17.8 Å². The fraction of sp³-hybridized carbons (Fsp3) is 0.333. The molecule has 0 aliphatic rings. The van der Waals surface area contributed by atoms with Crippen LogP contribution in [0, 0.1) is 0 Å². The van der Waals surface area contributed by atoms with Crippen molar-refractivity contribution in [1.29, 1.82) is 0 Å². The van der Waals surface area contributed by atoms with Crippen LogP contribution in [0.2, 0.25) is 19.6 Å². The molecule has 0 saturated heterocycles. The number of hydrogen-bond acceptors (Lipinski definition) is 3. The standard InChI is InChI=1S/C12H16N2O2Si/c1-17(2,3)9-14-11(13-16-12(14)15)10-7-5-4-6-8-10/h4-8H,9H2,1-3H3. The summed E-state index contributed by atoms with van der Waals surface area (Å²) in [6, 6.07) is 9.64. The second kappa shape index (κ2) is 4.33. The third-order valence-corrected chi connectivity index (χ3v) is 3.62. The summed E-state index contributed by atoms with van der Waals surface area (Å²) in [5, 5.41) is 3.87. The van der Waals surface area contributed by atoms with Crippen molar-refractivity contribution in [3.05, 3.63) is 40.9 Å². The summed E-state index contributed by atoms with van der Waals surface area (Å²) in [5.74, 6) is 0.254. The molecular weight excluding hydrogens is 232 g/mol. The minimum absolute atomic E-state index is 0.369. The summed E-state index contributed by atoms with van der Waals surface area (Å²) >= 11 is 0. The fourth-order valence-electron chi connectivity index (χ4n) is 1.68. The molecule has 2 rings (SSSR count). The SMILES string of the molecule is C[Si](C)(C)Cn1c(-c2ccccc2)noc1=O. The van der Waals surface area contributed by atoms with Crippen LogP contribution in [0.4, 0.5) is 0 Å². The Kier molecular flexibility index (Phi) is 3.02. The Bertz CT molecular complexity index is 552. The molecule has 0 spiro atoms. The van der Waals surface area contributed by atoms with Crippen molar-refractivity contribution in [2.75, 3.05) is 0 Å². The van der Waals surface area contributed by atoms with Gasteiger partial charge in [-0.05, 0) is 0 Å². The summed E-state index contributed by atoms with van der Waals surface area (Å²) in [6.07, 6.45) is 0.722. The first-order valence-corrected chi connectivity index (χ1v) is 9.30. The van der Waals surface area contributed by atoms with E-state index in [2.05, 4.69) is 24.8 Å². The lowest BCUT2D eigenvalue weighted by Gasteiger charge is -2.16. The topological polar surface area (TPSA) is 48.0 Å². The largest absolute Gasteiger partial charge is 0.441 e. The first-order valence-electron chi connectivity index (χ1n) is 5.59. The number of hydrogen-bond donors (Lipinski definition) is 0. The van der Waals surface area contributed by atoms with Crippen molar-refractivity contribution in [2.45, 2.75) is 25.8 Å². The Morgan fingerprint density at radius 1 is 1.24 bits per heavy atom. The lowest BCUT2D eigenvalue weighted by molar-refractivity contribution is 0.379. The zero-order valence-corrected chi connectivity index (χ0v) is 11.3. The van der Waals surface area contributed by atoms with Gasteiger partial charge in [0.25, 0.3) is 0 Å². The molecule has 0 atom stereocenters. The highest BCUT2D eigenvalue weighted by atomic mass is 28.3. The van der Waals surface area contributed by atoms with Gasteiger partial charge in [0.15, 0.2) is 5.82 Å². The molecule has 0 amide bonds. The maximum atomic E-state index is 11.6. The minimum atomic E-state index is -1.39. The van der Waals surface area contributed by atoms with E-state index in [1.165, 1.54) is 0 Å². The lowest BCUT2D eigenvalue weighted by Crippen LogP contribution is -2.32. The molecule has 0 aliphatic heterocycles. The number of aromatic nitrogens is 2. The van der Waals surface area contributed by atoms with Crippen molar-refractivity contribution in [1.82, 2.24) is 9.72 Å². The molecule has 0 radical (unpaired) electrons. The molecule has 90 valence electrons. The van der Waals surface area contributed by atoms with Gasteiger partial charge >= 0.3 is 5.76 Å². The van der Waals surface area contributed by atoms with Crippen molar-refractivity contribution in [3.63, 3.8) is 0 Å². The average Bonchev–Trinajstić information content (AvgIpc) is 2.60. The number of nitrogens with zero attached hydrogens (tertiary/aromatic N) is 2. The van der Waals surface area contributed by atoms with Crippen molar-refractivity contribution in [2.24, 2.45) is 0 Å². The molecule has 0 N–H and O–H groups in total. The molecule has 0 bridgehead atoms. The zero-order valence-electron chi connectivity index (χ0n) is 10.3. The zero-order chi connectivity index (χ0) is 12.5. The average molecular weight is 248 g/mol. The number of benzene rings is 1. The molecule has 1 heterocycles. The van der Waals surface area contributed by atoms with Gasteiger partial charge in [0.2, 0.25) is 0 Å². The Hall–Kier alpha value is -1.62. The van der Waals surface area contributed by atoms with Crippen LogP contribution in [0.3, 0.4) is 0 Å². The van der Waals surface area contributed by atoms with Crippen molar-refractivity contribution < 1.29 is 4.52 Å². The van der Waals surface area contributed by atoms with Gasteiger partial charge in [0.1, 0.15) is 0 Å². The summed E-state index contributed by atoms with van der Waals surface area (Å²) in [5.41, 5.74) is 0.914. The smallest absolute Gasteiger partial charge is 0.295 e. The summed E-state index contributed by atoms with van der Waals surface area (Å²) in [6.45, 7) is 6.63. The highest BCUT2D eigenvalue weighted by molar-refractivity contribution is 6.74. The van der Waals surface area contributed by atoms with Gasteiger partial charge in [-0.25, -0.2) is 4.79 Å². The third kappa shape index (κ3) is 2.74. The van der Waals surface area contributed by atoms with Gasteiger partial charge in [-0.15, -0.1) is 0 Å². The number of rotatable bonds is 3. The molecule has 2 aromatic rings. The van der Waals surface area contributed by atoms with E-state index >= 15 is 0 Å². The molecule has 0 aliphatic carbocycles. The van der Waals surface area contributed by atoms with Gasteiger partial charge in [0, 0.05) is 11.7 Å². The van der Waals surface area contributed by atoms with E-state index in [0.29, 0.717) is 5.82 Å². The fourth-order valence-corrected chi connectivity index (χ4v) is 2.90. The molecule has 17 heavy (non-hydrogen) atoms. The van der Waals surface area contributed by atoms with Crippen LogP contribution in [0.25, 0.3) is 11.4 Å². The monoisotopic (exact) mass is 248 g/mol. The molecule has 0 saturated carbocycles. The van der Waals surface area contributed by atoms with Gasteiger partial charge in [-0.1, -0.05) is 55.1 Å². The Morgan fingerprint density at radius 3 is 2.47 bits per heavy atom. The highest BCUT2D eigenvalue weighted by Gasteiger charge is 2.20. The third-order valence-electron chi connectivity index (χ3n) is 2.35. The van der Waals surface area contributed by atoms with E-state index in [0.717, 1.165) is 11.7 Å². The van der Waals surface area contributed by atoms with Gasteiger partial charge < -0.3 is 0 Å². The molecule has 1 aromatic heterocycles. The molecule has 0 fully saturated rings. The molecular formula is C12H16N2O2Si. The Balaban J connectivity index is 2.47. The van der Waals surface area contributed by atoms with Crippen LogP contribution >= 0.6 is 0 Å². The van der Waals surface area contributed by atoms with Crippen LogP contribution in [-0.2, 0) is 6.17 Å². The van der Waals surface area contributed by atoms with E-state index in [-0.39, 0.29) is 5.76 Å². The quantitative estimate of drug-likeness (QED) is 0.784. The minimum Gasteiger partial charge on any atom is -0.295 e. The molecule has 4 nitrogen and oxygen atoms in total. The summed E-state index contributed by atoms with van der Waals surface area (Å²) in [7, 11) is -1.39. The van der Waals surface area contributed by atoms with E-state index in [1.807, 2.05) is 30.3 Å². The summed E-state index contributed by atoms with van der Waals surface area (Å²) < 4.78 is 6.42. The second-order valence-electron chi connectivity index (χ2n) is 5.28. The van der Waals surface area contributed by atoms with E-state index in [1.54, 1.807) is 4.57 Å². The Morgan fingerprint density at radius 2 is 1.88 bits per heavy atom. The van der Waals surface area contributed by atoms with Crippen molar-refractivity contribution in [3.8, 4) is 11.4 Å². The highest BCUT2D eigenvalue weighted by Crippen LogP contribution is 2.16. The van der Waals surface area contributed by atoms with E-state index < -0.39 is 8.07 Å². The predicted octanol–water partition coefficient (Wildman–Crippen LogP) is 2.38. The lowest BCUT2D eigenvalue weighted by atomic mass is 10.2. The molecule has 1 aromatic carbocycles. The normalized spacial score (nSPS) is 11.7. The second-order valence-corrected chi connectivity index (χ2v) is 10.7. The predicted molar refractivity (Wildman–Crippen MR) is 69.5 cm³/mol. The maximum Gasteiger partial charge on any atom is 0.441 e. The molecule has 0 unspecified atom stereocenters. The van der Waals surface area contributed by atoms with Crippen molar-refractivity contribution >= 4 is 8.07 Å². The maximum absolute atomic E-state index is 11.6. The van der Waals surface area contributed by atoms with Gasteiger partial charge in [-0.2, -0.15) is 0 Å². The van der Waals surface area contributed by atoms with Gasteiger partial charge in [-0.3, -0.25) is 9.09 Å². The van der Waals surface area contributed by atoms with Crippen LogP contribution in [0.5, 0.6) is 0 Å². The van der Waals surface area contributed by atoms with E-state index in [4.69, 9.17) is 4.52 Å². The van der Waals surface area contributed by atoms with E-state index in [9.17, 15) is 4.79 Å². The molecule has 5 heteroatoms. The van der Waals surface area contributed by atoms with Gasteiger partial charge in [0.05, 0.1) is 8.07 Å². The van der Waals surface area contributed by atoms with Crippen LogP contribution < -0.4 is 5.76 Å². The summed E-state index contributed by atoms with van der Waals surface area (Å²) in [4.78, 5) is 11.6.